The summed E-state index contributed by atoms with van der Waals surface area (Å²) in [7, 11) is 1.50. The maximum absolute atomic E-state index is 13.6. The summed E-state index contributed by atoms with van der Waals surface area (Å²) in [5.74, 6) is -1.33. The SMILES string of the molecule is COc1cc(/C=C2\C(=O)NC(=O)N(c3cccc(C)c3)C2=O)cc(Br)c1Cc1cccc(F)c1. The maximum Gasteiger partial charge on any atom is 0.335 e. The second kappa shape index (κ2) is 9.61. The molecule has 0 aliphatic carbocycles. The second-order valence-corrected chi connectivity index (χ2v) is 8.64. The van der Waals surface area contributed by atoms with E-state index in [1.54, 1.807) is 36.4 Å². The maximum atomic E-state index is 13.6. The molecule has 1 saturated heterocycles. The number of ether oxygens (including phenoxy) is 1. The number of hydrogen-bond donors (Lipinski definition) is 1. The van der Waals surface area contributed by atoms with Crippen LogP contribution in [0.5, 0.6) is 5.75 Å². The van der Waals surface area contributed by atoms with Crippen molar-refractivity contribution >= 4 is 45.5 Å². The number of aryl methyl sites for hydroxylation is 1. The quantitative estimate of drug-likeness (QED) is 0.370. The fourth-order valence-corrected chi connectivity index (χ4v) is 4.34. The van der Waals surface area contributed by atoms with Crippen molar-refractivity contribution in [1.29, 1.82) is 0 Å². The van der Waals surface area contributed by atoms with Crippen LogP contribution >= 0.6 is 15.9 Å². The Balaban J connectivity index is 1.71. The Morgan fingerprint density at radius 3 is 2.53 bits per heavy atom. The van der Waals surface area contributed by atoms with Gasteiger partial charge in [0.2, 0.25) is 0 Å². The van der Waals surface area contributed by atoms with Crippen LogP contribution < -0.4 is 15.0 Å². The third-order valence-corrected chi connectivity index (χ3v) is 6.05. The highest BCUT2D eigenvalue weighted by atomic mass is 79.9. The second-order valence-electron chi connectivity index (χ2n) is 7.79. The van der Waals surface area contributed by atoms with Crippen LogP contribution in [0, 0.1) is 12.7 Å². The summed E-state index contributed by atoms with van der Waals surface area (Å²) in [6.07, 6.45) is 1.82. The van der Waals surface area contributed by atoms with Gasteiger partial charge in [-0.25, -0.2) is 14.1 Å². The number of halogens is 2. The van der Waals surface area contributed by atoms with Crippen LogP contribution in [0.25, 0.3) is 6.08 Å². The third-order valence-electron chi connectivity index (χ3n) is 5.34. The molecule has 1 N–H and O–H groups in total. The lowest BCUT2D eigenvalue weighted by molar-refractivity contribution is -0.122. The van der Waals surface area contributed by atoms with Crippen LogP contribution in [-0.4, -0.2) is 25.0 Å². The highest BCUT2D eigenvalue weighted by Gasteiger charge is 2.36. The van der Waals surface area contributed by atoms with Crippen molar-refractivity contribution in [3.05, 3.63) is 98.8 Å². The highest BCUT2D eigenvalue weighted by Crippen LogP contribution is 2.33. The molecule has 1 aliphatic heterocycles. The van der Waals surface area contributed by atoms with E-state index in [0.29, 0.717) is 27.9 Å². The Morgan fingerprint density at radius 2 is 1.82 bits per heavy atom. The molecule has 0 bridgehead atoms. The van der Waals surface area contributed by atoms with Crippen molar-refractivity contribution < 1.29 is 23.5 Å². The molecule has 4 amide bonds. The fraction of sp³-hybridized carbons (Fsp3) is 0.115. The van der Waals surface area contributed by atoms with E-state index < -0.39 is 17.8 Å². The minimum atomic E-state index is -0.804. The van der Waals surface area contributed by atoms with E-state index in [-0.39, 0.29) is 11.4 Å². The van der Waals surface area contributed by atoms with Gasteiger partial charge in [-0.2, -0.15) is 0 Å². The predicted octanol–water partition coefficient (Wildman–Crippen LogP) is 5.16. The molecule has 1 fully saturated rings. The molecule has 0 atom stereocenters. The van der Waals surface area contributed by atoms with Crippen molar-refractivity contribution in [3.8, 4) is 5.75 Å². The zero-order chi connectivity index (χ0) is 24.4. The van der Waals surface area contributed by atoms with Gasteiger partial charge in [0.1, 0.15) is 17.1 Å². The summed E-state index contributed by atoms with van der Waals surface area (Å²) in [6.45, 7) is 1.84. The predicted molar refractivity (Wildman–Crippen MR) is 130 cm³/mol. The Bertz CT molecular complexity index is 1350. The standard InChI is InChI=1S/C26H20BrFN2O4/c1-15-5-3-8-19(9-15)30-25(32)21(24(31)29-26(30)33)12-17-13-22(27)20(23(14-17)34-2)11-16-6-4-7-18(28)10-16/h3-10,12-14H,11H2,1-2H3,(H,29,31,33)/b21-12+. The van der Waals surface area contributed by atoms with E-state index in [1.807, 2.05) is 19.1 Å². The first-order chi connectivity index (χ1) is 16.3. The Hall–Kier alpha value is -3.78. The van der Waals surface area contributed by atoms with Gasteiger partial charge in [0, 0.05) is 16.5 Å². The molecule has 0 unspecified atom stereocenters. The number of urea groups is 1. The smallest absolute Gasteiger partial charge is 0.335 e. The van der Waals surface area contributed by atoms with Gasteiger partial charge >= 0.3 is 6.03 Å². The Labute approximate surface area is 204 Å². The van der Waals surface area contributed by atoms with Crippen LogP contribution in [0.2, 0.25) is 0 Å². The summed E-state index contributed by atoms with van der Waals surface area (Å²) >= 11 is 3.52. The summed E-state index contributed by atoms with van der Waals surface area (Å²) in [5, 5.41) is 2.22. The molecule has 4 rings (SSSR count). The number of hydrogen-bond acceptors (Lipinski definition) is 4. The monoisotopic (exact) mass is 522 g/mol. The van der Waals surface area contributed by atoms with E-state index >= 15 is 0 Å². The molecule has 0 spiro atoms. The largest absolute Gasteiger partial charge is 0.496 e. The first-order valence-electron chi connectivity index (χ1n) is 10.4. The van der Waals surface area contributed by atoms with E-state index in [2.05, 4.69) is 21.2 Å². The number of methoxy groups -OCH3 is 1. The van der Waals surface area contributed by atoms with Gasteiger partial charge in [-0.05, 0) is 66.1 Å². The Kier molecular flexibility index (Phi) is 6.61. The number of nitrogens with zero attached hydrogens (tertiary/aromatic N) is 1. The molecule has 0 radical (unpaired) electrons. The fourth-order valence-electron chi connectivity index (χ4n) is 3.75. The van der Waals surface area contributed by atoms with Crippen LogP contribution in [0.15, 0.2) is 70.7 Å². The average molecular weight is 523 g/mol. The van der Waals surface area contributed by atoms with Crippen molar-refractivity contribution in [2.45, 2.75) is 13.3 Å². The van der Waals surface area contributed by atoms with Crippen LogP contribution in [0.1, 0.15) is 22.3 Å². The molecule has 6 nitrogen and oxygen atoms in total. The molecular formula is C26H20BrFN2O4. The lowest BCUT2D eigenvalue weighted by Crippen LogP contribution is -2.54. The topological polar surface area (TPSA) is 75.7 Å². The lowest BCUT2D eigenvalue weighted by atomic mass is 10.0. The number of carbonyl (C=O) groups excluding carboxylic acids is 3. The number of imide groups is 2. The van der Waals surface area contributed by atoms with Gasteiger partial charge in [-0.3, -0.25) is 14.9 Å². The normalized spacial score (nSPS) is 15.0. The summed E-state index contributed by atoms with van der Waals surface area (Å²) < 4.78 is 19.8. The van der Waals surface area contributed by atoms with Gasteiger partial charge in [0.05, 0.1) is 12.8 Å². The van der Waals surface area contributed by atoms with E-state index in [4.69, 9.17) is 4.74 Å². The average Bonchev–Trinajstić information content (AvgIpc) is 2.78. The minimum Gasteiger partial charge on any atom is -0.496 e. The highest BCUT2D eigenvalue weighted by molar-refractivity contribution is 9.10. The van der Waals surface area contributed by atoms with E-state index in [9.17, 15) is 18.8 Å². The summed E-state index contributed by atoms with van der Waals surface area (Å²) in [4.78, 5) is 39.0. The van der Waals surface area contributed by atoms with Gasteiger partial charge in [-0.1, -0.05) is 40.2 Å². The molecule has 0 aromatic heterocycles. The van der Waals surface area contributed by atoms with Gasteiger partial charge < -0.3 is 4.74 Å². The molecule has 0 saturated carbocycles. The van der Waals surface area contributed by atoms with Crippen molar-refractivity contribution in [3.63, 3.8) is 0 Å². The van der Waals surface area contributed by atoms with Gasteiger partial charge in [0.25, 0.3) is 11.8 Å². The van der Waals surface area contributed by atoms with Gasteiger partial charge in [0.15, 0.2) is 0 Å². The van der Waals surface area contributed by atoms with E-state index in [0.717, 1.165) is 21.6 Å². The lowest BCUT2D eigenvalue weighted by Gasteiger charge is -2.26. The zero-order valence-electron chi connectivity index (χ0n) is 18.4. The first kappa shape index (κ1) is 23.4. The van der Waals surface area contributed by atoms with E-state index in [1.165, 1.54) is 25.3 Å². The molecule has 8 heteroatoms. The number of carbonyl (C=O) groups is 3. The zero-order valence-corrected chi connectivity index (χ0v) is 20.0. The number of barbiturate groups is 1. The molecule has 3 aromatic carbocycles. The number of anilines is 1. The Morgan fingerprint density at radius 1 is 1.06 bits per heavy atom. The van der Waals surface area contributed by atoms with Crippen LogP contribution in [-0.2, 0) is 16.0 Å². The van der Waals surface area contributed by atoms with Crippen LogP contribution in [0.3, 0.4) is 0 Å². The minimum absolute atomic E-state index is 0.187. The van der Waals surface area contributed by atoms with Crippen molar-refractivity contribution in [2.75, 3.05) is 12.0 Å². The number of nitrogens with one attached hydrogen (secondary N) is 1. The number of rotatable bonds is 5. The number of amides is 4. The first-order valence-corrected chi connectivity index (χ1v) is 11.1. The summed E-state index contributed by atoms with van der Waals surface area (Å²) in [5.41, 5.74) is 3.11. The molecule has 3 aromatic rings. The van der Waals surface area contributed by atoms with Crippen molar-refractivity contribution in [1.82, 2.24) is 5.32 Å². The third kappa shape index (κ3) is 4.77. The molecular weight excluding hydrogens is 503 g/mol. The van der Waals surface area contributed by atoms with Crippen molar-refractivity contribution in [2.24, 2.45) is 0 Å². The van der Waals surface area contributed by atoms with Gasteiger partial charge in [-0.15, -0.1) is 0 Å². The number of benzene rings is 3. The van der Waals surface area contributed by atoms with Crippen LogP contribution in [0.4, 0.5) is 14.9 Å². The molecule has 34 heavy (non-hydrogen) atoms. The summed E-state index contributed by atoms with van der Waals surface area (Å²) in [6, 6.07) is 15.8. The molecule has 172 valence electrons. The molecule has 1 aliphatic rings. The molecule has 1 heterocycles.